The first-order valence-corrected chi connectivity index (χ1v) is 11.5. The molecular weight excluding hydrogens is 450 g/mol. The maximum absolute atomic E-state index is 13.2. The zero-order valence-corrected chi connectivity index (χ0v) is 19.3. The molecule has 35 heavy (non-hydrogen) atoms. The lowest BCUT2D eigenvalue weighted by Crippen LogP contribution is -2.28. The second-order valence-corrected chi connectivity index (χ2v) is 9.72. The quantitative estimate of drug-likeness (QED) is 0.422. The molecule has 1 amide bonds. The molecule has 8 heteroatoms. The smallest absolute Gasteiger partial charge is 0.387 e. The Hall–Kier alpha value is -3.78. The van der Waals surface area contributed by atoms with Gasteiger partial charge in [0.15, 0.2) is 0 Å². The van der Waals surface area contributed by atoms with Crippen molar-refractivity contribution in [2.45, 2.75) is 44.5 Å². The van der Waals surface area contributed by atoms with Gasteiger partial charge in [0, 0.05) is 16.7 Å². The van der Waals surface area contributed by atoms with Crippen LogP contribution in [0.1, 0.15) is 59.7 Å². The Balaban J connectivity index is 1.50. The molecule has 2 bridgehead atoms. The molecule has 0 radical (unpaired) electrons. The number of nitrogens with two attached hydrogens (primary N) is 1. The normalized spacial score (nSPS) is 18.9. The van der Waals surface area contributed by atoms with Gasteiger partial charge in [0.1, 0.15) is 11.6 Å². The first-order valence-electron chi connectivity index (χ1n) is 11.5. The van der Waals surface area contributed by atoms with Crippen LogP contribution >= 0.6 is 0 Å². The minimum Gasteiger partial charge on any atom is -0.434 e. The highest BCUT2D eigenvalue weighted by atomic mass is 19.3. The average Bonchev–Trinajstić information content (AvgIpc) is 3.30. The zero-order valence-electron chi connectivity index (χ0n) is 19.3. The molecule has 3 heterocycles. The Morgan fingerprint density at radius 3 is 2.57 bits per heavy atom. The fraction of sp³-hybridized carbons (Fsp3) is 0.259. The number of imidazole rings is 1. The number of carbonyl (C=O) groups is 1. The first kappa shape index (κ1) is 21.7. The number of rotatable bonds is 4. The Morgan fingerprint density at radius 1 is 1.11 bits per heavy atom. The number of aromatic nitrogens is 2. The molecule has 0 saturated carbocycles. The molecule has 0 aliphatic carbocycles. The van der Waals surface area contributed by atoms with E-state index in [1.165, 1.54) is 6.07 Å². The third kappa shape index (κ3) is 3.47. The number of benzene rings is 3. The van der Waals surface area contributed by atoms with Crippen molar-refractivity contribution in [1.29, 1.82) is 0 Å². The molecule has 2 atom stereocenters. The zero-order chi connectivity index (χ0) is 24.5. The van der Waals surface area contributed by atoms with E-state index < -0.39 is 12.2 Å². The van der Waals surface area contributed by atoms with Gasteiger partial charge in [-0.3, -0.25) is 4.79 Å². The molecule has 0 spiro atoms. The number of hydrogen-bond acceptors (Lipinski definition) is 4. The summed E-state index contributed by atoms with van der Waals surface area (Å²) in [5.74, 6) is 0.423. The first-order chi connectivity index (χ1) is 16.7. The fourth-order valence-electron chi connectivity index (χ4n) is 5.28. The summed E-state index contributed by atoms with van der Waals surface area (Å²) in [6.45, 7) is 0.941. The van der Waals surface area contributed by atoms with Crippen molar-refractivity contribution >= 4 is 16.9 Å². The van der Waals surface area contributed by atoms with Crippen molar-refractivity contribution in [2.75, 3.05) is 0 Å². The number of hydrogen-bond donors (Lipinski definition) is 2. The lowest BCUT2D eigenvalue weighted by Gasteiger charge is -2.21. The summed E-state index contributed by atoms with van der Waals surface area (Å²) in [6.07, 6.45) is 0.519. The molecule has 6 nitrogen and oxygen atoms in total. The summed E-state index contributed by atoms with van der Waals surface area (Å²) >= 11 is 0. The van der Waals surface area contributed by atoms with Gasteiger partial charge >= 0.3 is 6.61 Å². The van der Waals surface area contributed by atoms with E-state index in [0.717, 1.165) is 27.7 Å². The number of alkyl halides is 2. The van der Waals surface area contributed by atoms with Crippen LogP contribution in [0.4, 0.5) is 8.78 Å². The molecule has 0 fully saturated rings. The van der Waals surface area contributed by atoms with Gasteiger partial charge in [-0.25, -0.2) is 4.98 Å². The van der Waals surface area contributed by atoms with E-state index >= 15 is 0 Å². The molecule has 4 aromatic rings. The molecule has 2 aliphatic rings. The molecule has 3 aromatic carbocycles. The Labute approximate surface area is 200 Å². The lowest BCUT2D eigenvalue weighted by molar-refractivity contribution is -0.0507. The van der Waals surface area contributed by atoms with E-state index in [0.29, 0.717) is 23.4 Å². The second-order valence-electron chi connectivity index (χ2n) is 9.72. The predicted octanol–water partition coefficient (Wildman–Crippen LogP) is 5.28. The molecule has 178 valence electrons. The van der Waals surface area contributed by atoms with Crippen molar-refractivity contribution in [3.05, 3.63) is 83.2 Å². The maximum atomic E-state index is 13.2. The van der Waals surface area contributed by atoms with Crippen LogP contribution in [0.3, 0.4) is 0 Å². The van der Waals surface area contributed by atoms with Crippen LogP contribution in [-0.4, -0.2) is 22.1 Å². The SMILES string of the molecule is CC(C)(N)c1ccc(-c2ccc3nc4n(c3c2)[C@@H]2C[C@H]4NC(=O)c3cccc(OC(F)F)c32)cc1. The standard InChI is InChI=1S/C27H24F2N4O2/c1-27(2,30)16-9-6-14(7-10-16)15-8-11-18-20(12-15)33-21-13-19(24(33)31-18)32-25(34)17-4-3-5-22(23(17)21)35-26(28)29/h3-12,19,21,26H,13,30H2,1-2H3,(H,32,34)/t19-,21-/m1/s1. The van der Waals surface area contributed by atoms with Crippen LogP contribution in [0.15, 0.2) is 60.7 Å². The van der Waals surface area contributed by atoms with Crippen LogP contribution in [0, 0.1) is 0 Å². The summed E-state index contributed by atoms with van der Waals surface area (Å²) in [5.41, 5.74) is 11.3. The van der Waals surface area contributed by atoms with Gasteiger partial charge in [0.2, 0.25) is 0 Å². The monoisotopic (exact) mass is 474 g/mol. The number of nitrogens with zero attached hydrogens (tertiary/aromatic N) is 2. The van der Waals surface area contributed by atoms with E-state index in [1.807, 2.05) is 50.2 Å². The fourth-order valence-corrected chi connectivity index (χ4v) is 5.28. The molecule has 0 saturated heterocycles. The molecule has 1 aromatic heterocycles. The summed E-state index contributed by atoms with van der Waals surface area (Å²) in [4.78, 5) is 17.7. The van der Waals surface area contributed by atoms with Crippen LogP contribution < -0.4 is 15.8 Å². The van der Waals surface area contributed by atoms with Gasteiger partial charge in [-0.15, -0.1) is 0 Å². The van der Waals surface area contributed by atoms with Gasteiger partial charge < -0.3 is 20.4 Å². The summed E-state index contributed by atoms with van der Waals surface area (Å²) < 4.78 is 33.3. The van der Waals surface area contributed by atoms with Crippen molar-refractivity contribution in [1.82, 2.24) is 14.9 Å². The Kier molecular flexibility index (Phi) is 4.73. The van der Waals surface area contributed by atoms with E-state index in [9.17, 15) is 13.6 Å². The van der Waals surface area contributed by atoms with Gasteiger partial charge in [0.05, 0.1) is 23.1 Å². The van der Waals surface area contributed by atoms with Crippen molar-refractivity contribution in [3.8, 4) is 16.9 Å². The minimum atomic E-state index is -2.99. The maximum Gasteiger partial charge on any atom is 0.387 e. The molecule has 0 unspecified atom stereocenters. The molecule has 3 N–H and O–H groups in total. The van der Waals surface area contributed by atoms with Gasteiger partial charge in [-0.05, 0) is 61.2 Å². The summed E-state index contributed by atoms with van der Waals surface area (Å²) in [7, 11) is 0. The van der Waals surface area contributed by atoms with Crippen molar-refractivity contribution in [2.24, 2.45) is 5.73 Å². The molecule has 2 aliphatic heterocycles. The minimum absolute atomic E-state index is 0.0177. The number of nitrogens with one attached hydrogen (secondary N) is 1. The third-order valence-corrected chi connectivity index (χ3v) is 6.93. The van der Waals surface area contributed by atoms with Crippen LogP contribution in [0.2, 0.25) is 0 Å². The van der Waals surface area contributed by atoms with E-state index in [4.69, 9.17) is 15.5 Å². The number of fused-ring (bicyclic) bond motifs is 9. The van der Waals surface area contributed by atoms with E-state index in [2.05, 4.69) is 16.0 Å². The predicted molar refractivity (Wildman–Crippen MR) is 128 cm³/mol. The Bertz CT molecular complexity index is 1470. The Morgan fingerprint density at radius 2 is 1.86 bits per heavy atom. The highest BCUT2D eigenvalue weighted by Crippen LogP contribution is 2.47. The molecule has 6 rings (SSSR count). The van der Waals surface area contributed by atoms with Crippen molar-refractivity contribution < 1.29 is 18.3 Å². The average molecular weight is 475 g/mol. The van der Waals surface area contributed by atoms with Crippen LogP contribution in [-0.2, 0) is 5.54 Å². The number of ether oxygens (including phenoxy) is 1. The van der Waals surface area contributed by atoms with E-state index in [1.54, 1.807) is 12.1 Å². The highest BCUT2D eigenvalue weighted by Gasteiger charge is 2.42. The number of carbonyl (C=O) groups excluding carboxylic acids is 1. The highest BCUT2D eigenvalue weighted by molar-refractivity contribution is 5.98. The number of halogens is 2. The molecular formula is C27H24F2N4O2. The summed E-state index contributed by atoms with van der Waals surface area (Å²) in [6, 6.07) is 18.2. The second kappa shape index (κ2) is 7.61. The van der Waals surface area contributed by atoms with Gasteiger partial charge in [-0.2, -0.15) is 8.78 Å². The van der Waals surface area contributed by atoms with Crippen LogP contribution in [0.25, 0.3) is 22.2 Å². The largest absolute Gasteiger partial charge is 0.434 e. The summed E-state index contributed by atoms with van der Waals surface area (Å²) in [5, 5.41) is 3.01. The lowest BCUT2D eigenvalue weighted by atomic mass is 9.93. The third-order valence-electron chi connectivity index (χ3n) is 6.93. The topological polar surface area (TPSA) is 82.2 Å². The van der Waals surface area contributed by atoms with Gasteiger partial charge in [0.25, 0.3) is 5.91 Å². The number of amides is 1. The van der Waals surface area contributed by atoms with Crippen molar-refractivity contribution in [3.63, 3.8) is 0 Å². The van der Waals surface area contributed by atoms with Crippen LogP contribution in [0.5, 0.6) is 5.75 Å². The van der Waals surface area contributed by atoms with E-state index in [-0.39, 0.29) is 23.7 Å². The van der Waals surface area contributed by atoms with Gasteiger partial charge in [-0.1, -0.05) is 36.4 Å².